The van der Waals surface area contributed by atoms with Crippen molar-refractivity contribution in [2.75, 3.05) is 38.7 Å². The summed E-state index contributed by atoms with van der Waals surface area (Å²) in [6.45, 7) is 2.04. The molecule has 1 aromatic rings. The molecule has 0 unspecified atom stereocenters. The van der Waals surface area contributed by atoms with Crippen LogP contribution < -0.4 is 5.32 Å². The highest BCUT2D eigenvalue weighted by atomic mass is 127. The maximum absolute atomic E-state index is 11.2. The fraction of sp³-hybridized carbons (Fsp3) is 0.438. The molecule has 1 heterocycles. The Balaban J connectivity index is 0.00000264. The van der Waals surface area contributed by atoms with Crippen molar-refractivity contribution in [1.82, 2.24) is 10.2 Å². The molecule has 0 saturated carbocycles. The maximum Gasteiger partial charge on any atom is 0.193 e. The first-order valence-electron chi connectivity index (χ1n) is 7.37. The summed E-state index contributed by atoms with van der Waals surface area (Å²) in [7, 11) is -1.23. The molecule has 128 valence electrons. The zero-order valence-corrected chi connectivity index (χ0v) is 16.7. The standard InChI is InChI=1S/C16H23N3O2S.HI/c1-17-16(18-10-13-22(2,20)21)19-11-8-15(9-12-19)14-6-4-3-5-7-14;/h3-8H,9-13H2,1-2H3,(H,17,18);1H. The Kier molecular flexibility index (Phi) is 8.04. The molecular formula is C16H24IN3O2S. The lowest BCUT2D eigenvalue weighted by molar-refractivity contribution is 0.441. The summed E-state index contributed by atoms with van der Waals surface area (Å²) in [5.41, 5.74) is 2.62. The summed E-state index contributed by atoms with van der Waals surface area (Å²) in [5, 5.41) is 3.12. The number of rotatable bonds is 4. The number of halogens is 1. The van der Waals surface area contributed by atoms with Gasteiger partial charge in [-0.3, -0.25) is 4.99 Å². The first kappa shape index (κ1) is 20.0. The van der Waals surface area contributed by atoms with Gasteiger partial charge in [0, 0.05) is 32.9 Å². The van der Waals surface area contributed by atoms with Crippen LogP contribution >= 0.6 is 24.0 Å². The van der Waals surface area contributed by atoms with E-state index in [2.05, 4.69) is 33.4 Å². The van der Waals surface area contributed by atoms with E-state index in [0.717, 1.165) is 25.5 Å². The van der Waals surface area contributed by atoms with Gasteiger partial charge in [0.05, 0.1) is 5.75 Å². The maximum atomic E-state index is 11.2. The third-order valence-corrected chi connectivity index (χ3v) is 4.57. The molecule has 0 aromatic heterocycles. The van der Waals surface area contributed by atoms with Crippen LogP contribution in [0.1, 0.15) is 12.0 Å². The zero-order chi connectivity index (χ0) is 16.0. The van der Waals surface area contributed by atoms with Crippen LogP contribution in [0.25, 0.3) is 5.57 Å². The number of nitrogens with zero attached hydrogens (tertiary/aromatic N) is 2. The van der Waals surface area contributed by atoms with Gasteiger partial charge in [-0.15, -0.1) is 24.0 Å². The van der Waals surface area contributed by atoms with Crippen LogP contribution in [0.15, 0.2) is 41.4 Å². The number of benzene rings is 1. The van der Waals surface area contributed by atoms with Crippen molar-refractivity contribution in [1.29, 1.82) is 0 Å². The van der Waals surface area contributed by atoms with Crippen molar-refractivity contribution >= 4 is 45.3 Å². The molecule has 0 fully saturated rings. The second kappa shape index (κ2) is 9.27. The lowest BCUT2D eigenvalue weighted by Gasteiger charge is -2.29. The topological polar surface area (TPSA) is 61.8 Å². The average Bonchev–Trinajstić information content (AvgIpc) is 2.52. The Morgan fingerprint density at radius 3 is 2.52 bits per heavy atom. The minimum atomic E-state index is -2.95. The highest BCUT2D eigenvalue weighted by Crippen LogP contribution is 2.21. The van der Waals surface area contributed by atoms with Gasteiger partial charge in [0.15, 0.2) is 5.96 Å². The monoisotopic (exact) mass is 449 g/mol. The summed E-state index contributed by atoms with van der Waals surface area (Å²) in [6.07, 6.45) is 4.41. The van der Waals surface area contributed by atoms with E-state index in [0.29, 0.717) is 6.54 Å². The predicted octanol–water partition coefficient (Wildman–Crippen LogP) is 2.01. The Morgan fingerprint density at radius 1 is 1.30 bits per heavy atom. The minimum absolute atomic E-state index is 0. The van der Waals surface area contributed by atoms with Gasteiger partial charge in [-0.25, -0.2) is 8.42 Å². The van der Waals surface area contributed by atoms with Gasteiger partial charge in [0.2, 0.25) is 0 Å². The molecule has 0 bridgehead atoms. The van der Waals surface area contributed by atoms with Crippen molar-refractivity contribution in [2.24, 2.45) is 4.99 Å². The predicted molar refractivity (Wildman–Crippen MR) is 107 cm³/mol. The van der Waals surface area contributed by atoms with Crippen molar-refractivity contribution < 1.29 is 8.42 Å². The molecule has 0 spiro atoms. The van der Waals surface area contributed by atoms with Gasteiger partial charge < -0.3 is 10.2 Å². The molecule has 23 heavy (non-hydrogen) atoms. The molecule has 2 rings (SSSR count). The quantitative estimate of drug-likeness (QED) is 0.434. The van der Waals surface area contributed by atoms with Crippen LogP contribution in [0.5, 0.6) is 0 Å². The first-order valence-corrected chi connectivity index (χ1v) is 9.43. The molecular weight excluding hydrogens is 425 g/mol. The van der Waals surface area contributed by atoms with Crippen molar-refractivity contribution in [3.63, 3.8) is 0 Å². The summed E-state index contributed by atoms with van der Waals surface area (Å²) in [6, 6.07) is 10.4. The molecule has 0 saturated heterocycles. The number of nitrogens with one attached hydrogen (secondary N) is 1. The van der Waals surface area contributed by atoms with Crippen LogP contribution in [0, 0.1) is 0 Å². The van der Waals surface area contributed by atoms with Crippen LogP contribution in [0.4, 0.5) is 0 Å². The molecule has 1 aliphatic rings. The van der Waals surface area contributed by atoms with Gasteiger partial charge in [0.1, 0.15) is 9.84 Å². The number of hydrogen-bond donors (Lipinski definition) is 1. The van der Waals surface area contributed by atoms with E-state index in [4.69, 9.17) is 0 Å². The fourth-order valence-electron chi connectivity index (χ4n) is 2.46. The zero-order valence-electron chi connectivity index (χ0n) is 13.5. The smallest absolute Gasteiger partial charge is 0.193 e. The SMILES string of the molecule is CN=C(NCCS(C)(=O)=O)N1CC=C(c2ccccc2)CC1.I. The molecule has 7 heteroatoms. The molecule has 1 aliphatic heterocycles. The Bertz CT molecular complexity index is 657. The van der Waals surface area contributed by atoms with E-state index in [1.165, 1.54) is 17.4 Å². The number of guanidine groups is 1. The van der Waals surface area contributed by atoms with Gasteiger partial charge in [0.25, 0.3) is 0 Å². The average molecular weight is 449 g/mol. The Hall–Kier alpha value is -1.09. The number of sulfone groups is 1. The molecule has 5 nitrogen and oxygen atoms in total. The van der Waals surface area contributed by atoms with Gasteiger partial charge in [-0.05, 0) is 17.6 Å². The van der Waals surface area contributed by atoms with Crippen LogP contribution in [-0.2, 0) is 9.84 Å². The van der Waals surface area contributed by atoms with E-state index in [-0.39, 0.29) is 29.7 Å². The summed E-state index contributed by atoms with van der Waals surface area (Å²) < 4.78 is 22.3. The molecule has 1 N–H and O–H groups in total. The van der Waals surface area contributed by atoms with Crippen LogP contribution in [0.3, 0.4) is 0 Å². The summed E-state index contributed by atoms with van der Waals surface area (Å²) in [4.78, 5) is 6.37. The lowest BCUT2D eigenvalue weighted by Crippen LogP contribution is -2.44. The molecule has 0 aliphatic carbocycles. The van der Waals surface area contributed by atoms with E-state index in [9.17, 15) is 8.42 Å². The second-order valence-corrected chi connectivity index (χ2v) is 7.66. The van der Waals surface area contributed by atoms with Crippen molar-refractivity contribution in [2.45, 2.75) is 6.42 Å². The van der Waals surface area contributed by atoms with Crippen molar-refractivity contribution in [3.05, 3.63) is 42.0 Å². The first-order chi connectivity index (χ1) is 10.5. The molecule has 0 amide bonds. The minimum Gasteiger partial charge on any atom is -0.355 e. The summed E-state index contributed by atoms with van der Waals surface area (Å²) >= 11 is 0. The molecule has 1 aromatic carbocycles. The third-order valence-electron chi connectivity index (χ3n) is 3.62. The number of hydrogen-bond acceptors (Lipinski definition) is 3. The van der Waals surface area contributed by atoms with E-state index < -0.39 is 9.84 Å². The van der Waals surface area contributed by atoms with E-state index in [1.807, 2.05) is 18.2 Å². The van der Waals surface area contributed by atoms with Gasteiger partial charge >= 0.3 is 0 Å². The fourth-order valence-corrected chi connectivity index (χ4v) is 2.93. The molecule has 0 radical (unpaired) electrons. The largest absolute Gasteiger partial charge is 0.355 e. The normalized spacial score (nSPS) is 15.7. The van der Waals surface area contributed by atoms with Gasteiger partial charge in [-0.2, -0.15) is 0 Å². The third kappa shape index (κ3) is 6.50. The van der Waals surface area contributed by atoms with Crippen molar-refractivity contribution in [3.8, 4) is 0 Å². The van der Waals surface area contributed by atoms with E-state index in [1.54, 1.807) is 7.05 Å². The number of aliphatic imine (C=N–C) groups is 1. The summed E-state index contributed by atoms with van der Waals surface area (Å²) in [5.74, 6) is 0.873. The second-order valence-electron chi connectivity index (χ2n) is 5.40. The van der Waals surface area contributed by atoms with E-state index >= 15 is 0 Å². The van der Waals surface area contributed by atoms with Gasteiger partial charge in [-0.1, -0.05) is 36.4 Å². The highest BCUT2D eigenvalue weighted by Gasteiger charge is 2.16. The molecule has 0 atom stereocenters. The highest BCUT2D eigenvalue weighted by molar-refractivity contribution is 14.0. The Morgan fingerprint density at radius 2 is 2.00 bits per heavy atom. The Labute approximate surface area is 155 Å². The van der Waals surface area contributed by atoms with Crippen LogP contribution in [-0.4, -0.2) is 58.0 Å². The van der Waals surface area contributed by atoms with Crippen LogP contribution in [0.2, 0.25) is 0 Å². The lowest BCUT2D eigenvalue weighted by atomic mass is 10.00.